The van der Waals surface area contributed by atoms with E-state index in [4.69, 9.17) is 11.5 Å². The third-order valence-corrected chi connectivity index (χ3v) is 2.48. The van der Waals surface area contributed by atoms with E-state index in [-0.39, 0.29) is 23.7 Å². The van der Waals surface area contributed by atoms with Crippen molar-refractivity contribution in [1.29, 1.82) is 0 Å². The van der Waals surface area contributed by atoms with Crippen LogP contribution in [0.3, 0.4) is 0 Å². The summed E-state index contributed by atoms with van der Waals surface area (Å²) in [6, 6.07) is 1.56. The maximum atomic E-state index is 13.2. The Balaban J connectivity index is 0.00000361. The van der Waals surface area contributed by atoms with Crippen LogP contribution < -0.4 is 16.8 Å². The molecular formula is C11H16ClFN4O3. The fourth-order valence-electron chi connectivity index (χ4n) is 1.51. The number of halogens is 2. The van der Waals surface area contributed by atoms with Gasteiger partial charge >= 0.3 is 0 Å². The van der Waals surface area contributed by atoms with Gasteiger partial charge in [-0.2, -0.15) is 0 Å². The molecular weight excluding hydrogens is 291 g/mol. The summed E-state index contributed by atoms with van der Waals surface area (Å²) in [6.45, 7) is 0.850. The van der Waals surface area contributed by atoms with Gasteiger partial charge in [-0.15, -0.1) is 12.4 Å². The molecule has 1 rings (SSSR count). The van der Waals surface area contributed by atoms with Crippen LogP contribution in [0.4, 0.5) is 15.8 Å². The molecule has 1 aromatic rings. The fraction of sp³-hybridized carbons (Fsp3) is 0.364. The number of benzene rings is 1. The molecule has 1 aromatic carbocycles. The number of nitrogens with two attached hydrogens (primary N) is 2. The van der Waals surface area contributed by atoms with Crippen LogP contribution in [-0.4, -0.2) is 23.9 Å². The number of carbonyl (C=O) groups is 1. The smallest absolute Gasteiger partial charge is 0.295 e. The molecule has 0 saturated heterocycles. The fourth-order valence-corrected chi connectivity index (χ4v) is 1.51. The van der Waals surface area contributed by atoms with E-state index in [1.54, 1.807) is 0 Å². The zero-order valence-corrected chi connectivity index (χ0v) is 11.4. The van der Waals surface area contributed by atoms with Crippen molar-refractivity contribution in [3.8, 4) is 0 Å². The van der Waals surface area contributed by atoms with E-state index < -0.39 is 22.3 Å². The predicted molar refractivity (Wildman–Crippen MR) is 75.3 cm³/mol. The van der Waals surface area contributed by atoms with Crippen LogP contribution in [0, 0.1) is 15.9 Å². The third-order valence-electron chi connectivity index (χ3n) is 2.48. The Bertz CT molecular complexity index is 499. The number of anilines is 1. The highest BCUT2D eigenvalue weighted by molar-refractivity contribution is 6.01. The number of nitro groups is 1. The number of amides is 1. The summed E-state index contributed by atoms with van der Waals surface area (Å²) in [5.74, 6) is -1.52. The molecule has 9 heteroatoms. The minimum atomic E-state index is -0.881. The molecule has 20 heavy (non-hydrogen) atoms. The lowest BCUT2D eigenvalue weighted by Crippen LogP contribution is -2.26. The van der Waals surface area contributed by atoms with Crippen molar-refractivity contribution in [1.82, 2.24) is 5.32 Å². The summed E-state index contributed by atoms with van der Waals surface area (Å²) >= 11 is 0. The van der Waals surface area contributed by atoms with Crippen LogP contribution in [0.2, 0.25) is 0 Å². The number of hydrogen-bond acceptors (Lipinski definition) is 5. The number of nitrogens with one attached hydrogen (secondary N) is 1. The van der Waals surface area contributed by atoms with Crippen molar-refractivity contribution in [3.05, 3.63) is 33.6 Å². The minimum absolute atomic E-state index is 0. The van der Waals surface area contributed by atoms with Gasteiger partial charge in [0.25, 0.3) is 11.6 Å². The number of hydrogen-bond donors (Lipinski definition) is 3. The van der Waals surface area contributed by atoms with E-state index in [2.05, 4.69) is 5.32 Å². The van der Waals surface area contributed by atoms with Gasteiger partial charge in [-0.05, 0) is 25.5 Å². The van der Waals surface area contributed by atoms with Crippen molar-refractivity contribution >= 4 is 29.7 Å². The summed E-state index contributed by atoms with van der Waals surface area (Å²) in [5, 5.41) is 13.2. The summed E-state index contributed by atoms with van der Waals surface area (Å²) in [4.78, 5) is 21.6. The molecule has 0 radical (unpaired) electrons. The van der Waals surface area contributed by atoms with Crippen molar-refractivity contribution in [2.24, 2.45) is 5.73 Å². The molecule has 0 aliphatic heterocycles. The quantitative estimate of drug-likeness (QED) is 0.315. The van der Waals surface area contributed by atoms with Gasteiger partial charge in [-0.1, -0.05) is 0 Å². The van der Waals surface area contributed by atoms with Crippen molar-refractivity contribution in [2.75, 3.05) is 18.8 Å². The number of nitrogen functional groups attached to an aromatic ring is 1. The molecule has 5 N–H and O–H groups in total. The summed E-state index contributed by atoms with van der Waals surface area (Å²) in [5.41, 5.74) is 9.59. The van der Waals surface area contributed by atoms with Crippen LogP contribution in [0.25, 0.3) is 0 Å². The van der Waals surface area contributed by atoms with Crippen LogP contribution in [0.5, 0.6) is 0 Å². The van der Waals surface area contributed by atoms with Crippen molar-refractivity contribution in [2.45, 2.75) is 12.8 Å². The van der Waals surface area contributed by atoms with Gasteiger partial charge in [-0.25, -0.2) is 4.39 Å². The van der Waals surface area contributed by atoms with E-state index in [0.717, 1.165) is 12.5 Å². The van der Waals surface area contributed by atoms with Gasteiger partial charge in [0.1, 0.15) is 11.5 Å². The molecule has 0 heterocycles. The molecule has 112 valence electrons. The highest BCUT2D eigenvalue weighted by Gasteiger charge is 2.21. The van der Waals surface area contributed by atoms with E-state index in [9.17, 15) is 19.3 Å². The lowest BCUT2D eigenvalue weighted by atomic mass is 10.1. The summed E-state index contributed by atoms with van der Waals surface area (Å²) in [6.07, 6.45) is 1.40. The predicted octanol–water partition coefficient (Wildman–Crippen LogP) is 1.21. The SMILES string of the molecule is Cl.NCCCCNC(=O)c1cc(F)cc([N+](=O)[O-])c1N. The van der Waals surface area contributed by atoms with E-state index >= 15 is 0 Å². The van der Waals surface area contributed by atoms with Crippen molar-refractivity contribution in [3.63, 3.8) is 0 Å². The number of nitrogens with zero attached hydrogens (tertiary/aromatic N) is 1. The van der Waals surface area contributed by atoms with Gasteiger partial charge in [0.15, 0.2) is 0 Å². The molecule has 0 atom stereocenters. The Labute approximate surface area is 121 Å². The first-order valence-corrected chi connectivity index (χ1v) is 5.69. The molecule has 0 fully saturated rings. The molecule has 7 nitrogen and oxygen atoms in total. The Hall–Kier alpha value is -1.93. The standard InChI is InChI=1S/C11H15FN4O3.ClH/c12-7-5-8(10(14)9(6-7)16(18)19)11(17)15-4-2-1-3-13;/h5-6H,1-4,13-14H2,(H,15,17);1H. The lowest BCUT2D eigenvalue weighted by Gasteiger charge is -2.07. The highest BCUT2D eigenvalue weighted by Crippen LogP contribution is 2.26. The van der Waals surface area contributed by atoms with E-state index in [0.29, 0.717) is 25.6 Å². The summed E-state index contributed by atoms with van der Waals surface area (Å²) < 4.78 is 13.2. The van der Waals surface area contributed by atoms with Gasteiger partial charge in [-0.3, -0.25) is 14.9 Å². The average Bonchev–Trinajstić information content (AvgIpc) is 2.36. The minimum Gasteiger partial charge on any atom is -0.393 e. The first-order valence-electron chi connectivity index (χ1n) is 5.69. The van der Waals surface area contributed by atoms with Crippen LogP contribution in [0.1, 0.15) is 23.2 Å². The second-order valence-electron chi connectivity index (χ2n) is 3.89. The van der Waals surface area contributed by atoms with Crippen LogP contribution >= 0.6 is 12.4 Å². The van der Waals surface area contributed by atoms with E-state index in [1.807, 2.05) is 0 Å². The second-order valence-corrected chi connectivity index (χ2v) is 3.89. The number of unbranched alkanes of at least 4 members (excludes halogenated alkanes) is 1. The molecule has 0 unspecified atom stereocenters. The number of carbonyl (C=O) groups excluding carboxylic acids is 1. The second kappa shape index (κ2) is 8.28. The highest BCUT2D eigenvalue weighted by atomic mass is 35.5. The van der Waals surface area contributed by atoms with Gasteiger partial charge in [0, 0.05) is 6.54 Å². The monoisotopic (exact) mass is 306 g/mol. The Morgan fingerprint density at radius 2 is 2.05 bits per heavy atom. The first kappa shape index (κ1) is 18.1. The maximum absolute atomic E-state index is 13.2. The molecule has 0 saturated carbocycles. The molecule has 0 bridgehead atoms. The summed E-state index contributed by atoms with van der Waals surface area (Å²) in [7, 11) is 0. The van der Waals surface area contributed by atoms with E-state index in [1.165, 1.54) is 0 Å². The number of nitro benzene ring substituents is 1. The van der Waals surface area contributed by atoms with Crippen LogP contribution in [-0.2, 0) is 0 Å². The molecule has 0 aliphatic carbocycles. The first-order chi connectivity index (χ1) is 8.97. The normalized spacial score (nSPS) is 9.70. The average molecular weight is 307 g/mol. The zero-order chi connectivity index (χ0) is 14.4. The Morgan fingerprint density at radius 3 is 2.60 bits per heavy atom. The van der Waals surface area contributed by atoms with Crippen molar-refractivity contribution < 1.29 is 14.1 Å². The number of rotatable bonds is 6. The zero-order valence-electron chi connectivity index (χ0n) is 10.6. The topological polar surface area (TPSA) is 124 Å². The largest absolute Gasteiger partial charge is 0.393 e. The van der Waals surface area contributed by atoms with Gasteiger partial charge in [0.2, 0.25) is 0 Å². The molecule has 1 amide bonds. The molecule has 0 spiro atoms. The lowest BCUT2D eigenvalue weighted by molar-refractivity contribution is -0.384. The van der Waals surface area contributed by atoms with Gasteiger partial charge < -0.3 is 16.8 Å². The maximum Gasteiger partial charge on any atom is 0.295 e. The third kappa shape index (κ3) is 4.63. The molecule has 0 aliphatic rings. The Morgan fingerprint density at radius 1 is 1.40 bits per heavy atom. The Kier molecular flexibility index (Phi) is 7.48. The molecule has 0 aromatic heterocycles. The van der Waals surface area contributed by atoms with Crippen LogP contribution in [0.15, 0.2) is 12.1 Å². The van der Waals surface area contributed by atoms with Gasteiger partial charge in [0.05, 0.1) is 16.6 Å².